The molecule has 1 heterocycles. The third-order valence-electron chi connectivity index (χ3n) is 3.79. The normalized spacial score (nSPS) is 13.1. The van der Waals surface area contributed by atoms with Crippen molar-refractivity contribution >= 4 is 11.3 Å². The van der Waals surface area contributed by atoms with Gasteiger partial charge in [-0.15, -0.1) is 11.3 Å². The number of nitrogens with zero attached hydrogens (tertiary/aromatic N) is 1. The molecule has 0 bridgehead atoms. The van der Waals surface area contributed by atoms with E-state index in [2.05, 4.69) is 36.3 Å². The average molecular weight is 306 g/mol. The number of halogens is 1. The smallest absolute Gasteiger partial charge is 0.126 e. The zero-order valence-corrected chi connectivity index (χ0v) is 13.7. The minimum atomic E-state index is -0.161. The largest absolute Gasteiger partial charge is 0.329 e. The maximum absolute atomic E-state index is 13.9. The van der Waals surface area contributed by atoms with Crippen molar-refractivity contribution in [3.8, 4) is 0 Å². The van der Waals surface area contributed by atoms with Crippen LogP contribution in [0.2, 0.25) is 0 Å². The number of hydrogen-bond acceptors (Lipinski definition) is 3. The summed E-state index contributed by atoms with van der Waals surface area (Å²) >= 11 is 1.74. The molecule has 2 rings (SSSR count). The average Bonchev–Trinajstić information content (AvgIpc) is 2.95. The second-order valence-electron chi connectivity index (χ2n) is 5.61. The molecule has 0 spiro atoms. The van der Waals surface area contributed by atoms with Crippen LogP contribution in [0, 0.1) is 12.7 Å². The van der Waals surface area contributed by atoms with E-state index in [1.54, 1.807) is 24.3 Å². The molecule has 114 valence electrons. The van der Waals surface area contributed by atoms with Crippen LogP contribution in [-0.2, 0) is 6.54 Å². The minimum Gasteiger partial charge on any atom is -0.329 e. The number of rotatable bonds is 6. The summed E-state index contributed by atoms with van der Waals surface area (Å²) in [7, 11) is 0. The van der Waals surface area contributed by atoms with Gasteiger partial charge < -0.3 is 5.73 Å². The van der Waals surface area contributed by atoms with Crippen molar-refractivity contribution in [3.05, 3.63) is 57.5 Å². The second kappa shape index (κ2) is 7.16. The molecule has 1 unspecified atom stereocenters. The molecule has 2 nitrogen and oxygen atoms in total. The molecular weight excluding hydrogens is 283 g/mol. The Balaban J connectivity index is 2.28. The molecule has 1 aromatic heterocycles. The molecule has 4 heteroatoms. The molecule has 2 N–H and O–H groups in total. The summed E-state index contributed by atoms with van der Waals surface area (Å²) in [6, 6.07) is 9.99. The van der Waals surface area contributed by atoms with Gasteiger partial charge in [0.1, 0.15) is 5.82 Å². The van der Waals surface area contributed by atoms with Gasteiger partial charge in [-0.2, -0.15) is 0 Å². The van der Waals surface area contributed by atoms with Crippen LogP contribution in [0.15, 0.2) is 35.7 Å². The van der Waals surface area contributed by atoms with Gasteiger partial charge in [0.25, 0.3) is 0 Å². The zero-order valence-electron chi connectivity index (χ0n) is 12.8. The first-order valence-electron chi connectivity index (χ1n) is 7.27. The summed E-state index contributed by atoms with van der Waals surface area (Å²) in [5.74, 6) is -0.161. The monoisotopic (exact) mass is 306 g/mol. The molecule has 0 aliphatic rings. The Bertz CT molecular complexity index is 566. The SMILES string of the molecule is Cc1ccc(C(CN)N(Cc2cccs2)C(C)C)cc1F. The lowest BCUT2D eigenvalue weighted by Gasteiger charge is -2.34. The van der Waals surface area contributed by atoms with Crippen LogP contribution in [0.5, 0.6) is 0 Å². The fourth-order valence-electron chi connectivity index (χ4n) is 2.51. The van der Waals surface area contributed by atoms with Crippen LogP contribution in [0.1, 0.15) is 35.9 Å². The van der Waals surface area contributed by atoms with E-state index in [0.29, 0.717) is 18.2 Å². The highest BCUT2D eigenvalue weighted by molar-refractivity contribution is 7.09. The molecule has 0 amide bonds. The molecule has 21 heavy (non-hydrogen) atoms. The van der Waals surface area contributed by atoms with Gasteiger partial charge in [-0.05, 0) is 49.4 Å². The van der Waals surface area contributed by atoms with Gasteiger partial charge in [-0.1, -0.05) is 18.2 Å². The summed E-state index contributed by atoms with van der Waals surface area (Å²) in [6.45, 7) is 7.41. The lowest BCUT2D eigenvalue weighted by molar-refractivity contribution is 0.149. The molecule has 0 radical (unpaired) electrons. The van der Waals surface area contributed by atoms with Crippen molar-refractivity contribution in [2.75, 3.05) is 6.54 Å². The highest BCUT2D eigenvalue weighted by Crippen LogP contribution is 2.27. The molecule has 0 saturated heterocycles. The fourth-order valence-corrected chi connectivity index (χ4v) is 3.23. The van der Waals surface area contributed by atoms with E-state index in [1.165, 1.54) is 4.88 Å². The Morgan fingerprint density at radius 2 is 2.05 bits per heavy atom. The third kappa shape index (κ3) is 3.90. The second-order valence-corrected chi connectivity index (χ2v) is 6.64. The number of hydrogen-bond donors (Lipinski definition) is 1. The van der Waals surface area contributed by atoms with Crippen molar-refractivity contribution in [3.63, 3.8) is 0 Å². The summed E-state index contributed by atoms with van der Waals surface area (Å²) in [5, 5.41) is 2.08. The van der Waals surface area contributed by atoms with E-state index in [-0.39, 0.29) is 11.9 Å². The Hall–Kier alpha value is -1.23. The maximum atomic E-state index is 13.9. The van der Waals surface area contributed by atoms with Crippen molar-refractivity contribution in [1.82, 2.24) is 4.90 Å². The topological polar surface area (TPSA) is 29.3 Å². The van der Waals surface area contributed by atoms with E-state index in [1.807, 2.05) is 12.1 Å². The Morgan fingerprint density at radius 1 is 1.29 bits per heavy atom. The zero-order chi connectivity index (χ0) is 15.4. The van der Waals surface area contributed by atoms with Gasteiger partial charge in [-0.3, -0.25) is 4.90 Å². The van der Waals surface area contributed by atoms with Crippen LogP contribution in [0.3, 0.4) is 0 Å². The maximum Gasteiger partial charge on any atom is 0.126 e. The van der Waals surface area contributed by atoms with Gasteiger partial charge in [0.2, 0.25) is 0 Å². The van der Waals surface area contributed by atoms with Crippen LogP contribution < -0.4 is 5.73 Å². The van der Waals surface area contributed by atoms with Crippen LogP contribution in [-0.4, -0.2) is 17.5 Å². The molecule has 2 aromatic rings. The highest BCUT2D eigenvalue weighted by atomic mass is 32.1. The van der Waals surface area contributed by atoms with E-state index in [9.17, 15) is 4.39 Å². The van der Waals surface area contributed by atoms with Gasteiger partial charge in [0.15, 0.2) is 0 Å². The molecule has 1 atom stereocenters. The van der Waals surface area contributed by atoms with E-state index in [0.717, 1.165) is 12.1 Å². The van der Waals surface area contributed by atoms with Crippen LogP contribution in [0.25, 0.3) is 0 Å². The summed E-state index contributed by atoms with van der Waals surface area (Å²) in [6.07, 6.45) is 0. The van der Waals surface area contributed by atoms with E-state index in [4.69, 9.17) is 5.73 Å². The highest BCUT2D eigenvalue weighted by Gasteiger charge is 2.23. The third-order valence-corrected chi connectivity index (χ3v) is 4.65. The molecule has 0 fully saturated rings. The number of aryl methyl sites for hydroxylation is 1. The summed E-state index contributed by atoms with van der Waals surface area (Å²) < 4.78 is 13.9. The van der Waals surface area contributed by atoms with Crippen molar-refractivity contribution < 1.29 is 4.39 Å². The summed E-state index contributed by atoms with van der Waals surface area (Å²) in [4.78, 5) is 3.63. The first-order valence-corrected chi connectivity index (χ1v) is 8.15. The number of thiophene rings is 1. The standard InChI is InChI=1S/C17H23FN2S/c1-12(2)20(11-15-5-4-8-21-15)17(10-19)14-7-6-13(3)16(18)9-14/h4-9,12,17H,10-11,19H2,1-3H3. The molecule has 0 aliphatic heterocycles. The van der Waals surface area contributed by atoms with Gasteiger partial charge in [-0.25, -0.2) is 4.39 Å². The predicted molar refractivity (Wildman–Crippen MR) is 87.9 cm³/mol. The van der Waals surface area contributed by atoms with Crippen molar-refractivity contribution in [2.24, 2.45) is 5.73 Å². The van der Waals surface area contributed by atoms with Crippen molar-refractivity contribution in [1.29, 1.82) is 0 Å². The number of nitrogens with two attached hydrogens (primary N) is 1. The molecule has 1 aromatic carbocycles. The molecule has 0 aliphatic carbocycles. The van der Waals surface area contributed by atoms with Gasteiger partial charge in [0, 0.05) is 30.1 Å². The lowest BCUT2D eigenvalue weighted by Crippen LogP contribution is -2.38. The van der Waals surface area contributed by atoms with Crippen LogP contribution in [0.4, 0.5) is 4.39 Å². The van der Waals surface area contributed by atoms with E-state index >= 15 is 0 Å². The first kappa shape index (κ1) is 16.1. The first-order chi connectivity index (χ1) is 10.0. The summed E-state index contributed by atoms with van der Waals surface area (Å²) in [5.41, 5.74) is 7.62. The number of benzene rings is 1. The fraction of sp³-hybridized carbons (Fsp3) is 0.412. The van der Waals surface area contributed by atoms with E-state index < -0.39 is 0 Å². The quantitative estimate of drug-likeness (QED) is 0.870. The van der Waals surface area contributed by atoms with Crippen molar-refractivity contribution in [2.45, 2.75) is 39.4 Å². The lowest BCUT2D eigenvalue weighted by atomic mass is 10.0. The minimum absolute atomic E-state index is 0.0298. The van der Waals surface area contributed by atoms with Gasteiger partial charge >= 0.3 is 0 Å². The Morgan fingerprint density at radius 3 is 2.57 bits per heavy atom. The van der Waals surface area contributed by atoms with Crippen LogP contribution >= 0.6 is 11.3 Å². The van der Waals surface area contributed by atoms with Gasteiger partial charge in [0.05, 0.1) is 0 Å². The Kier molecular flexibility index (Phi) is 5.51. The molecular formula is C17H23FN2S. The molecule has 0 saturated carbocycles. The predicted octanol–water partition coefficient (Wildman–Crippen LogP) is 4.11. The Labute approximate surface area is 130 Å².